The molecule has 8 heteroatoms. The summed E-state index contributed by atoms with van der Waals surface area (Å²) in [4.78, 5) is 12.1. The van der Waals surface area contributed by atoms with Crippen molar-refractivity contribution >= 4 is 16.5 Å². The Hall–Kier alpha value is -0.860. The zero-order chi connectivity index (χ0) is 9.90. The van der Waals surface area contributed by atoms with Gasteiger partial charge < -0.3 is 14.4 Å². The third-order valence-corrected chi connectivity index (χ3v) is 1.90. The minimum atomic E-state index is -4.68. The van der Waals surface area contributed by atoms with E-state index in [0.717, 1.165) is 0 Å². The average molecular weight is 210 g/mol. The number of carbonyl (C=O) groups excluding carboxylic acids is 1. The van der Waals surface area contributed by atoms with Gasteiger partial charge >= 0.3 is 16.5 Å². The lowest BCUT2D eigenvalue weighted by Gasteiger charge is -2.25. The van der Waals surface area contributed by atoms with Gasteiger partial charge in [0, 0.05) is 26.2 Å². The number of hydrogen-bond donors (Lipinski definition) is 2. The van der Waals surface area contributed by atoms with Crippen molar-refractivity contribution in [3.63, 3.8) is 0 Å². The van der Waals surface area contributed by atoms with Gasteiger partial charge in [-0.1, -0.05) is 0 Å². The highest BCUT2D eigenvalue weighted by Crippen LogP contribution is 1.99. The van der Waals surface area contributed by atoms with Gasteiger partial charge in [0.2, 0.25) is 0 Å². The molecule has 13 heavy (non-hydrogen) atoms. The topological polar surface area (TPSA) is 95.9 Å². The van der Waals surface area contributed by atoms with Gasteiger partial charge in [-0.2, -0.15) is 8.42 Å². The van der Waals surface area contributed by atoms with Gasteiger partial charge in [0.1, 0.15) is 0 Å². The molecule has 0 radical (unpaired) electrons. The van der Waals surface area contributed by atoms with Gasteiger partial charge in [-0.15, -0.1) is 0 Å². The fourth-order valence-electron chi connectivity index (χ4n) is 0.990. The third-order valence-electron chi connectivity index (χ3n) is 1.55. The number of piperazine rings is 1. The quantitative estimate of drug-likeness (QED) is 0.529. The first kappa shape index (κ1) is 10.2. The van der Waals surface area contributed by atoms with Crippen LogP contribution in [0, 0.1) is 0 Å². The molecule has 1 amide bonds. The lowest BCUT2D eigenvalue weighted by molar-refractivity contribution is 0.142. The molecule has 0 aromatic carbocycles. The first-order valence-electron chi connectivity index (χ1n) is 3.65. The number of hydrogen-bond acceptors (Lipinski definition) is 5. The van der Waals surface area contributed by atoms with E-state index in [-0.39, 0.29) is 0 Å². The second kappa shape index (κ2) is 3.90. The number of nitrogens with one attached hydrogen (secondary N) is 1. The standard InChI is InChI=1S/C5H10N2O5S/c8-5(12-13(9,10)11)7-3-1-6-2-4-7/h6H,1-4H2,(H,9,10,11). The predicted molar refractivity (Wildman–Crippen MR) is 42.5 cm³/mol. The first-order valence-corrected chi connectivity index (χ1v) is 5.02. The van der Waals surface area contributed by atoms with Crippen LogP contribution in [0.25, 0.3) is 0 Å². The van der Waals surface area contributed by atoms with Crippen LogP contribution in [0.4, 0.5) is 4.79 Å². The molecule has 1 fully saturated rings. The van der Waals surface area contributed by atoms with Crippen molar-refractivity contribution in [1.82, 2.24) is 10.2 Å². The zero-order valence-electron chi connectivity index (χ0n) is 6.76. The summed E-state index contributed by atoms with van der Waals surface area (Å²) in [5.41, 5.74) is 0. The van der Waals surface area contributed by atoms with Crippen LogP contribution in [0.5, 0.6) is 0 Å². The molecule has 0 bridgehead atoms. The van der Waals surface area contributed by atoms with E-state index in [9.17, 15) is 13.2 Å². The highest BCUT2D eigenvalue weighted by molar-refractivity contribution is 7.81. The van der Waals surface area contributed by atoms with E-state index >= 15 is 0 Å². The maximum absolute atomic E-state index is 11.0. The fourth-order valence-corrected chi connectivity index (χ4v) is 1.28. The maximum Gasteiger partial charge on any atom is 0.450 e. The van der Waals surface area contributed by atoms with E-state index in [1.165, 1.54) is 4.90 Å². The van der Waals surface area contributed by atoms with Crippen molar-refractivity contribution in [2.45, 2.75) is 0 Å². The molecule has 76 valence electrons. The molecule has 1 rings (SSSR count). The summed E-state index contributed by atoms with van der Waals surface area (Å²) in [5, 5.41) is 2.97. The average Bonchev–Trinajstić information content (AvgIpc) is 2.03. The summed E-state index contributed by atoms with van der Waals surface area (Å²) in [6.07, 6.45) is -1.04. The Morgan fingerprint density at radius 2 is 1.92 bits per heavy atom. The number of carbonyl (C=O) groups is 1. The molecule has 0 spiro atoms. The second-order valence-corrected chi connectivity index (χ2v) is 3.54. The molecule has 0 atom stereocenters. The summed E-state index contributed by atoms with van der Waals surface area (Å²) >= 11 is 0. The second-order valence-electron chi connectivity index (χ2n) is 2.51. The number of amides is 1. The van der Waals surface area contributed by atoms with Crippen molar-refractivity contribution in [3.05, 3.63) is 0 Å². The lowest BCUT2D eigenvalue weighted by atomic mass is 10.4. The van der Waals surface area contributed by atoms with Crippen LogP contribution < -0.4 is 5.32 Å². The van der Waals surface area contributed by atoms with E-state index in [1.54, 1.807) is 0 Å². The van der Waals surface area contributed by atoms with E-state index in [1.807, 2.05) is 0 Å². The van der Waals surface area contributed by atoms with Gasteiger partial charge in [0.05, 0.1) is 0 Å². The van der Waals surface area contributed by atoms with Crippen LogP contribution in [0.15, 0.2) is 0 Å². The highest BCUT2D eigenvalue weighted by atomic mass is 32.3. The van der Waals surface area contributed by atoms with E-state index in [4.69, 9.17) is 4.55 Å². The Labute approximate surface area is 75.6 Å². The van der Waals surface area contributed by atoms with Crippen LogP contribution in [-0.4, -0.2) is 50.1 Å². The van der Waals surface area contributed by atoms with Crippen molar-refractivity contribution in [1.29, 1.82) is 0 Å². The van der Waals surface area contributed by atoms with Gasteiger partial charge in [-0.25, -0.2) is 4.79 Å². The Kier molecular flexibility index (Phi) is 3.07. The molecule has 0 aromatic heterocycles. The number of nitrogens with zero attached hydrogens (tertiary/aromatic N) is 1. The largest absolute Gasteiger partial charge is 0.450 e. The molecular weight excluding hydrogens is 200 g/mol. The molecule has 2 N–H and O–H groups in total. The molecule has 0 aliphatic carbocycles. The normalized spacial score (nSPS) is 18.4. The van der Waals surface area contributed by atoms with Gasteiger partial charge in [-0.05, 0) is 0 Å². The highest BCUT2D eigenvalue weighted by Gasteiger charge is 2.21. The molecule has 0 unspecified atom stereocenters. The predicted octanol–water partition coefficient (Wildman–Crippen LogP) is -1.17. The maximum atomic E-state index is 11.0. The van der Waals surface area contributed by atoms with Crippen LogP contribution in [0.1, 0.15) is 0 Å². The minimum Gasteiger partial charge on any atom is -0.313 e. The van der Waals surface area contributed by atoms with Crippen LogP contribution >= 0.6 is 0 Å². The Balaban J connectivity index is 2.47. The van der Waals surface area contributed by atoms with Crippen LogP contribution in [0.2, 0.25) is 0 Å². The van der Waals surface area contributed by atoms with Crippen LogP contribution in [0.3, 0.4) is 0 Å². The van der Waals surface area contributed by atoms with Gasteiger partial charge in [-0.3, -0.25) is 4.55 Å². The summed E-state index contributed by atoms with van der Waals surface area (Å²) in [7, 11) is -4.68. The Morgan fingerprint density at radius 1 is 1.38 bits per heavy atom. The molecule has 1 heterocycles. The Bertz CT molecular complexity index is 281. The molecular formula is C5H10N2O5S. The summed E-state index contributed by atoms with van der Waals surface area (Å²) in [6, 6.07) is 0. The van der Waals surface area contributed by atoms with Crippen molar-refractivity contribution in [3.8, 4) is 0 Å². The van der Waals surface area contributed by atoms with E-state index in [0.29, 0.717) is 26.2 Å². The zero-order valence-corrected chi connectivity index (χ0v) is 7.58. The van der Waals surface area contributed by atoms with Crippen LogP contribution in [-0.2, 0) is 14.6 Å². The molecule has 0 aromatic rings. The van der Waals surface area contributed by atoms with Gasteiger partial charge in [0.25, 0.3) is 0 Å². The van der Waals surface area contributed by atoms with E-state index in [2.05, 4.69) is 9.50 Å². The molecule has 1 saturated heterocycles. The molecule has 1 aliphatic heterocycles. The first-order chi connectivity index (χ1) is 5.99. The molecule has 7 nitrogen and oxygen atoms in total. The number of rotatable bonds is 1. The molecule has 0 saturated carbocycles. The van der Waals surface area contributed by atoms with Crippen molar-refractivity contribution < 1.29 is 21.9 Å². The third kappa shape index (κ3) is 3.57. The Morgan fingerprint density at radius 3 is 2.38 bits per heavy atom. The SMILES string of the molecule is O=C(OS(=O)(=O)O)N1CCNCC1. The van der Waals surface area contributed by atoms with Crippen molar-refractivity contribution in [2.24, 2.45) is 0 Å². The van der Waals surface area contributed by atoms with E-state index < -0.39 is 16.5 Å². The van der Waals surface area contributed by atoms with Gasteiger partial charge in [0.15, 0.2) is 0 Å². The molecule has 1 aliphatic rings. The smallest absolute Gasteiger partial charge is 0.313 e. The summed E-state index contributed by atoms with van der Waals surface area (Å²) in [5.74, 6) is 0. The summed E-state index contributed by atoms with van der Waals surface area (Å²) < 4.78 is 32.3. The lowest BCUT2D eigenvalue weighted by Crippen LogP contribution is -2.47. The van der Waals surface area contributed by atoms with Crippen molar-refractivity contribution in [2.75, 3.05) is 26.2 Å². The summed E-state index contributed by atoms with van der Waals surface area (Å²) in [6.45, 7) is 1.91. The minimum absolute atomic E-state index is 0.369. The fraction of sp³-hybridized carbons (Fsp3) is 0.800. The monoisotopic (exact) mass is 210 g/mol.